The summed E-state index contributed by atoms with van der Waals surface area (Å²) in [5.74, 6) is 0.0577. The fourth-order valence-electron chi connectivity index (χ4n) is 1.43. The van der Waals surface area contributed by atoms with Gasteiger partial charge in [0, 0.05) is 6.42 Å². The summed E-state index contributed by atoms with van der Waals surface area (Å²) in [6.45, 7) is 2.34. The highest BCUT2D eigenvalue weighted by Gasteiger charge is 2.12. The van der Waals surface area contributed by atoms with Crippen molar-refractivity contribution in [1.29, 1.82) is 0 Å². The molecule has 0 aliphatic heterocycles. The van der Waals surface area contributed by atoms with E-state index in [2.05, 4.69) is 25.3 Å². The van der Waals surface area contributed by atoms with Crippen LogP contribution in [0.2, 0.25) is 5.15 Å². The molecule has 1 unspecified atom stereocenters. The highest BCUT2D eigenvalue weighted by molar-refractivity contribution is 6.33. The molecule has 7 nitrogen and oxygen atoms in total. The van der Waals surface area contributed by atoms with Crippen LogP contribution in [0, 0.1) is 5.92 Å². The summed E-state index contributed by atoms with van der Waals surface area (Å²) in [5.41, 5.74) is 6.41. The molecule has 4 N–H and O–H groups in total. The first-order valence-corrected chi connectivity index (χ1v) is 5.84. The molecule has 0 bridgehead atoms. The molecule has 18 heavy (non-hydrogen) atoms. The predicted octanol–water partition coefficient (Wildman–Crippen LogP) is 0.930. The molecule has 2 aromatic heterocycles. The molecule has 0 radical (unpaired) electrons. The number of carbonyl (C=O) groups is 1. The number of nitrogens with zero attached hydrogens (tertiary/aromatic N) is 3. The molecule has 0 saturated carbocycles. The molecule has 2 rings (SSSR count). The lowest BCUT2D eigenvalue weighted by atomic mass is 10.1. The van der Waals surface area contributed by atoms with Gasteiger partial charge in [-0.25, -0.2) is 4.98 Å². The number of halogens is 1. The normalized spacial score (nSPS) is 12.6. The van der Waals surface area contributed by atoms with Crippen molar-refractivity contribution in [2.24, 2.45) is 11.7 Å². The molecule has 2 aromatic rings. The van der Waals surface area contributed by atoms with Crippen molar-refractivity contribution in [2.75, 3.05) is 11.9 Å². The van der Waals surface area contributed by atoms with Crippen LogP contribution in [0.15, 0.2) is 6.33 Å². The Morgan fingerprint density at radius 2 is 2.39 bits per heavy atom. The minimum Gasteiger partial charge on any atom is -0.341 e. The Labute approximate surface area is 108 Å². The van der Waals surface area contributed by atoms with Gasteiger partial charge < -0.3 is 10.7 Å². The number of aromatic amines is 1. The molecule has 1 atom stereocenters. The van der Waals surface area contributed by atoms with Crippen LogP contribution in [0.3, 0.4) is 0 Å². The van der Waals surface area contributed by atoms with Crippen LogP contribution in [0.1, 0.15) is 13.3 Å². The average Bonchev–Trinajstić information content (AvgIpc) is 2.77. The molecule has 0 aromatic carbocycles. The Hall–Kier alpha value is -1.73. The van der Waals surface area contributed by atoms with Gasteiger partial charge in [0.05, 0.1) is 6.33 Å². The summed E-state index contributed by atoms with van der Waals surface area (Å²) in [6, 6.07) is 0. The second-order valence-corrected chi connectivity index (χ2v) is 4.39. The summed E-state index contributed by atoms with van der Waals surface area (Å²) in [7, 11) is 0. The maximum absolute atomic E-state index is 11.6. The monoisotopic (exact) mass is 268 g/mol. The molecule has 0 fully saturated rings. The van der Waals surface area contributed by atoms with Crippen molar-refractivity contribution in [3.05, 3.63) is 11.5 Å². The molecule has 2 heterocycles. The summed E-state index contributed by atoms with van der Waals surface area (Å²) in [6.07, 6.45) is 1.78. The zero-order chi connectivity index (χ0) is 13.1. The highest BCUT2D eigenvalue weighted by Crippen LogP contribution is 2.18. The summed E-state index contributed by atoms with van der Waals surface area (Å²) in [5, 5.41) is 2.80. The minimum absolute atomic E-state index is 0.106. The highest BCUT2D eigenvalue weighted by atomic mass is 35.5. The third-order valence-electron chi connectivity index (χ3n) is 2.43. The first-order chi connectivity index (χ1) is 8.60. The third kappa shape index (κ3) is 2.74. The largest absolute Gasteiger partial charge is 0.341 e. The zero-order valence-corrected chi connectivity index (χ0v) is 10.5. The number of carbonyl (C=O) groups excluding carboxylic acids is 1. The number of aromatic nitrogens is 4. The van der Waals surface area contributed by atoms with Crippen LogP contribution in [-0.4, -0.2) is 32.4 Å². The number of imidazole rings is 1. The number of anilines is 1. The Bertz CT molecular complexity index is 568. The number of amides is 1. The van der Waals surface area contributed by atoms with E-state index >= 15 is 0 Å². The van der Waals surface area contributed by atoms with Crippen molar-refractivity contribution < 1.29 is 4.79 Å². The molecular formula is C10H13ClN6O. The van der Waals surface area contributed by atoms with Gasteiger partial charge in [0.1, 0.15) is 5.52 Å². The van der Waals surface area contributed by atoms with Gasteiger partial charge in [0.25, 0.3) is 0 Å². The van der Waals surface area contributed by atoms with Crippen LogP contribution in [0.5, 0.6) is 0 Å². The van der Waals surface area contributed by atoms with Crippen molar-refractivity contribution in [3.8, 4) is 0 Å². The molecule has 1 amide bonds. The number of hydrogen-bond donors (Lipinski definition) is 3. The molecular weight excluding hydrogens is 256 g/mol. The van der Waals surface area contributed by atoms with Crippen LogP contribution < -0.4 is 11.1 Å². The van der Waals surface area contributed by atoms with E-state index in [1.54, 1.807) is 0 Å². The molecule has 0 aliphatic rings. The van der Waals surface area contributed by atoms with E-state index in [0.717, 1.165) is 0 Å². The lowest BCUT2D eigenvalue weighted by Crippen LogP contribution is -2.21. The summed E-state index contributed by atoms with van der Waals surface area (Å²) < 4.78 is 0. The summed E-state index contributed by atoms with van der Waals surface area (Å²) in [4.78, 5) is 26.5. The van der Waals surface area contributed by atoms with Gasteiger partial charge in [-0.1, -0.05) is 18.5 Å². The molecule has 0 aliphatic carbocycles. The first-order valence-electron chi connectivity index (χ1n) is 5.46. The number of fused-ring (bicyclic) bond motifs is 1. The molecule has 0 saturated heterocycles. The maximum Gasteiger partial charge on any atom is 0.233 e. The fourth-order valence-corrected chi connectivity index (χ4v) is 1.65. The predicted molar refractivity (Wildman–Crippen MR) is 68.2 cm³/mol. The number of rotatable bonds is 4. The van der Waals surface area contributed by atoms with E-state index in [1.807, 2.05) is 6.92 Å². The van der Waals surface area contributed by atoms with Crippen molar-refractivity contribution in [2.45, 2.75) is 13.3 Å². The first kappa shape index (κ1) is 12.7. The zero-order valence-electron chi connectivity index (χ0n) is 9.77. The van der Waals surface area contributed by atoms with Crippen LogP contribution in [-0.2, 0) is 4.79 Å². The van der Waals surface area contributed by atoms with E-state index in [9.17, 15) is 4.79 Å². The van der Waals surface area contributed by atoms with Gasteiger partial charge in [-0.3, -0.25) is 10.1 Å². The van der Waals surface area contributed by atoms with E-state index in [-0.39, 0.29) is 22.9 Å². The maximum atomic E-state index is 11.6. The minimum atomic E-state index is -0.195. The molecule has 0 spiro atoms. The average molecular weight is 269 g/mol. The van der Waals surface area contributed by atoms with E-state index in [0.29, 0.717) is 24.1 Å². The lowest BCUT2D eigenvalue weighted by Gasteiger charge is -2.08. The van der Waals surface area contributed by atoms with E-state index in [4.69, 9.17) is 17.3 Å². The molecule has 8 heteroatoms. The number of nitrogens with one attached hydrogen (secondary N) is 2. The lowest BCUT2D eigenvalue weighted by molar-refractivity contribution is -0.116. The SMILES string of the molecule is CC(CN)CC(=O)Nc1nc(Cl)c2[nH]cnc2n1. The molecule has 96 valence electrons. The Balaban J connectivity index is 2.14. The van der Waals surface area contributed by atoms with E-state index < -0.39 is 0 Å². The number of nitrogens with two attached hydrogens (primary N) is 1. The quantitative estimate of drug-likeness (QED) is 0.715. The Kier molecular flexibility index (Phi) is 3.73. The standard InChI is InChI=1S/C10H13ClN6O/c1-5(3-12)2-6(18)15-10-16-8(11)7-9(17-10)14-4-13-7/h4-5H,2-3,12H2,1H3,(H2,13,14,15,16,17,18). The van der Waals surface area contributed by atoms with Crippen molar-refractivity contribution in [3.63, 3.8) is 0 Å². The van der Waals surface area contributed by atoms with Gasteiger partial charge in [0.15, 0.2) is 10.8 Å². The Morgan fingerprint density at radius 1 is 1.61 bits per heavy atom. The Morgan fingerprint density at radius 3 is 3.11 bits per heavy atom. The van der Waals surface area contributed by atoms with Crippen LogP contribution >= 0.6 is 11.6 Å². The smallest absolute Gasteiger partial charge is 0.233 e. The van der Waals surface area contributed by atoms with Crippen LogP contribution in [0.25, 0.3) is 11.2 Å². The van der Waals surface area contributed by atoms with Gasteiger partial charge in [-0.05, 0) is 12.5 Å². The topological polar surface area (TPSA) is 110 Å². The van der Waals surface area contributed by atoms with Crippen molar-refractivity contribution in [1.82, 2.24) is 19.9 Å². The second-order valence-electron chi connectivity index (χ2n) is 4.03. The van der Waals surface area contributed by atoms with Crippen LogP contribution in [0.4, 0.5) is 5.95 Å². The second kappa shape index (κ2) is 5.28. The summed E-state index contributed by atoms with van der Waals surface area (Å²) >= 11 is 5.93. The third-order valence-corrected chi connectivity index (χ3v) is 2.70. The fraction of sp³-hybridized carbons (Fsp3) is 0.400. The number of hydrogen-bond acceptors (Lipinski definition) is 5. The van der Waals surface area contributed by atoms with Crippen molar-refractivity contribution >= 4 is 34.6 Å². The van der Waals surface area contributed by atoms with Gasteiger partial charge in [0.2, 0.25) is 11.9 Å². The van der Waals surface area contributed by atoms with Gasteiger partial charge in [-0.2, -0.15) is 9.97 Å². The van der Waals surface area contributed by atoms with Gasteiger partial charge >= 0.3 is 0 Å². The van der Waals surface area contributed by atoms with E-state index in [1.165, 1.54) is 6.33 Å². The number of H-pyrrole nitrogens is 1. The van der Waals surface area contributed by atoms with Gasteiger partial charge in [-0.15, -0.1) is 0 Å².